The van der Waals surface area contributed by atoms with Crippen LogP contribution in [0.25, 0.3) is 0 Å². The van der Waals surface area contributed by atoms with Crippen molar-refractivity contribution in [2.75, 3.05) is 18.7 Å². The molecule has 0 spiro atoms. The summed E-state index contributed by atoms with van der Waals surface area (Å²) >= 11 is 2.11. The average Bonchev–Trinajstić information content (AvgIpc) is 3.28. The lowest BCUT2D eigenvalue weighted by atomic mass is 10.0. The summed E-state index contributed by atoms with van der Waals surface area (Å²) in [5, 5.41) is 22.9. The van der Waals surface area contributed by atoms with E-state index >= 15 is 0 Å². The number of benzene rings is 3. The summed E-state index contributed by atoms with van der Waals surface area (Å²) in [7, 11) is 0. The number of fused-ring (bicyclic) bond motifs is 1. The lowest BCUT2D eigenvalue weighted by Gasteiger charge is -2.28. The van der Waals surface area contributed by atoms with Gasteiger partial charge in [-0.2, -0.15) is 0 Å². The number of para-hydroxylation sites is 1. The summed E-state index contributed by atoms with van der Waals surface area (Å²) in [4.78, 5) is 12.8. The van der Waals surface area contributed by atoms with Gasteiger partial charge in [0.05, 0.1) is 0 Å². The van der Waals surface area contributed by atoms with Crippen LogP contribution in [0.3, 0.4) is 0 Å². The third-order valence-corrected chi connectivity index (χ3v) is 5.60. The van der Waals surface area contributed by atoms with E-state index < -0.39 is 18.3 Å². The highest BCUT2D eigenvalue weighted by atomic mass is 127. The average molecular weight is 563 g/mol. The molecule has 1 heterocycles. The molecule has 3 aromatic carbocycles. The summed E-state index contributed by atoms with van der Waals surface area (Å²) in [6, 6.07) is 19.0. The van der Waals surface area contributed by atoms with E-state index in [1.165, 1.54) is 6.07 Å². The second-order valence-electron chi connectivity index (χ2n) is 7.20. The van der Waals surface area contributed by atoms with Crippen molar-refractivity contribution in [2.45, 2.75) is 18.6 Å². The third-order valence-electron chi connectivity index (χ3n) is 4.93. The molecule has 0 unspecified atom stereocenters. The van der Waals surface area contributed by atoms with E-state index in [9.17, 15) is 15.0 Å². The molecule has 0 aromatic heterocycles. The number of rotatable bonds is 8. The number of aliphatic hydroxyl groups excluding tert-OH is 1. The van der Waals surface area contributed by atoms with Crippen molar-refractivity contribution >= 4 is 34.4 Å². The first kappa shape index (κ1) is 23.0. The fraction of sp³-hybridized carbons (Fsp3) is 0.208. The van der Waals surface area contributed by atoms with Gasteiger partial charge in [-0.25, -0.2) is 4.79 Å². The van der Waals surface area contributed by atoms with E-state index in [0.29, 0.717) is 28.5 Å². The van der Waals surface area contributed by atoms with Gasteiger partial charge in [0, 0.05) is 33.9 Å². The molecule has 8 nitrogen and oxygen atoms in total. The maximum Gasteiger partial charge on any atom is 0.412 e. The standard InChI is InChI=1S/C24H22INO7/c25-15-6-8-19(28)18(12-15)23(21(10-11-27)32-17-4-2-1-3-5-17)33-24(29)26-16-7-9-20-22(13-16)31-14-30-20/h1-9,12-13,21,23,27-28H,10-11,14H2,(H,26,29)/t21-,23-/m1/s1. The van der Waals surface area contributed by atoms with Crippen LogP contribution in [0.5, 0.6) is 23.0 Å². The van der Waals surface area contributed by atoms with E-state index in [2.05, 4.69) is 27.9 Å². The Bertz CT molecular complexity index is 1110. The molecule has 1 aliphatic rings. The van der Waals surface area contributed by atoms with Gasteiger partial charge < -0.3 is 29.2 Å². The predicted molar refractivity (Wildman–Crippen MR) is 129 cm³/mol. The number of hydrogen-bond acceptors (Lipinski definition) is 7. The van der Waals surface area contributed by atoms with Gasteiger partial charge in [0.2, 0.25) is 6.79 Å². The minimum absolute atomic E-state index is 0.0455. The summed E-state index contributed by atoms with van der Waals surface area (Å²) in [6.07, 6.45) is -2.34. The van der Waals surface area contributed by atoms with Gasteiger partial charge >= 0.3 is 6.09 Å². The largest absolute Gasteiger partial charge is 0.508 e. The minimum Gasteiger partial charge on any atom is -0.508 e. The fourth-order valence-electron chi connectivity index (χ4n) is 3.40. The predicted octanol–water partition coefficient (Wildman–Crippen LogP) is 4.85. The molecule has 3 N–H and O–H groups in total. The zero-order valence-electron chi connectivity index (χ0n) is 17.4. The van der Waals surface area contributed by atoms with Gasteiger partial charge in [0.15, 0.2) is 17.6 Å². The van der Waals surface area contributed by atoms with Crippen LogP contribution in [0.4, 0.5) is 10.5 Å². The molecule has 4 rings (SSSR count). The van der Waals surface area contributed by atoms with Gasteiger partial charge in [0.1, 0.15) is 17.6 Å². The number of aliphatic hydroxyl groups is 1. The highest BCUT2D eigenvalue weighted by Gasteiger charge is 2.31. The SMILES string of the molecule is O=C(Nc1ccc2c(c1)OCO2)O[C@H](c1cc(I)ccc1O)[C@@H](CCO)Oc1ccccc1. The summed E-state index contributed by atoms with van der Waals surface area (Å²) in [6.45, 7) is -0.0806. The van der Waals surface area contributed by atoms with Crippen molar-refractivity contribution in [3.63, 3.8) is 0 Å². The van der Waals surface area contributed by atoms with Crippen molar-refractivity contribution in [2.24, 2.45) is 0 Å². The number of hydrogen-bond donors (Lipinski definition) is 3. The molecule has 0 saturated carbocycles. The topological polar surface area (TPSA) is 106 Å². The van der Waals surface area contributed by atoms with E-state index in [1.54, 1.807) is 42.5 Å². The summed E-state index contributed by atoms with van der Waals surface area (Å²) in [5.41, 5.74) is 0.828. The Balaban J connectivity index is 1.60. The van der Waals surface area contributed by atoms with Crippen LogP contribution in [0.15, 0.2) is 66.7 Å². The Kier molecular flexibility index (Phi) is 7.40. The van der Waals surface area contributed by atoms with Crippen LogP contribution in [0.2, 0.25) is 0 Å². The first-order chi connectivity index (χ1) is 16.0. The van der Waals surface area contributed by atoms with Crippen LogP contribution >= 0.6 is 22.6 Å². The molecule has 3 aromatic rings. The van der Waals surface area contributed by atoms with Crippen molar-refractivity contribution in [3.8, 4) is 23.0 Å². The highest BCUT2D eigenvalue weighted by Crippen LogP contribution is 2.36. The smallest absolute Gasteiger partial charge is 0.412 e. The van der Waals surface area contributed by atoms with Crippen LogP contribution in [-0.4, -0.2) is 35.8 Å². The fourth-order valence-corrected chi connectivity index (χ4v) is 3.92. The molecule has 33 heavy (non-hydrogen) atoms. The summed E-state index contributed by atoms with van der Waals surface area (Å²) in [5.74, 6) is 1.61. The molecule has 0 saturated heterocycles. The first-order valence-corrected chi connectivity index (χ1v) is 11.3. The Labute approximate surface area is 204 Å². The molecule has 0 aliphatic carbocycles. The first-order valence-electron chi connectivity index (χ1n) is 10.2. The molecule has 9 heteroatoms. The highest BCUT2D eigenvalue weighted by molar-refractivity contribution is 14.1. The number of nitrogens with one attached hydrogen (secondary N) is 1. The second kappa shape index (κ2) is 10.6. The van der Waals surface area contributed by atoms with Gasteiger partial charge in [-0.1, -0.05) is 18.2 Å². The van der Waals surface area contributed by atoms with Gasteiger partial charge in [-0.15, -0.1) is 0 Å². The molecule has 0 fully saturated rings. The maximum atomic E-state index is 12.8. The minimum atomic E-state index is -0.999. The van der Waals surface area contributed by atoms with Crippen molar-refractivity contribution < 1.29 is 34.0 Å². The molecule has 1 amide bonds. The Morgan fingerprint density at radius 3 is 2.64 bits per heavy atom. The lowest BCUT2D eigenvalue weighted by Crippen LogP contribution is -2.32. The number of amides is 1. The molecule has 0 bridgehead atoms. The molecular formula is C24H22INO7. The lowest BCUT2D eigenvalue weighted by molar-refractivity contribution is 0.00796. The Morgan fingerprint density at radius 1 is 1.06 bits per heavy atom. The Morgan fingerprint density at radius 2 is 1.85 bits per heavy atom. The molecule has 2 atom stereocenters. The van der Waals surface area contributed by atoms with Gasteiger partial charge in [0.25, 0.3) is 0 Å². The van der Waals surface area contributed by atoms with Gasteiger partial charge in [-0.05, 0) is 65.1 Å². The third kappa shape index (κ3) is 5.79. The molecule has 1 aliphatic heterocycles. The number of anilines is 1. The number of phenols is 1. The number of halogens is 1. The summed E-state index contributed by atoms with van der Waals surface area (Å²) < 4.78 is 23.3. The zero-order chi connectivity index (χ0) is 23.2. The van der Waals surface area contributed by atoms with Crippen LogP contribution in [0.1, 0.15) is 18.1 Å². The zero-order valence-corrected chi connectivity index (χ0v) is 19.6. The van der Waals surface area contributed by atoms with E-state index in [0.717, 1.165) is 3.57 Å². The number of carbonyl (C=O) groups excluding carboxylic acids is 1. The van der Waals surface area contributed by atoms with Crippen LogP contribution in [0, 0.1) is 3.57 Å². The molecule has 172 valence electrons. The van der Waals surface area contributed by atoms with Crippen molar-refractivity contribution in [3.05, 3.63) is 75.9 Å². The van der Waals surface area contributed by atoms with Gasteiger partial charge in [-0.3, -0.25) is 5.32 Å². The maximum absolute atomic E-state index is 12.8. The van der Waals surface area contributed by atoms with E-state index in [1.807, 2.05) is 18.2 Å². The van der Waals surface area contributed by atoms with E-state index in [-0.39, 0.29) is 25.6 Å². The van der Waals surface area contributed by atoms with Crippen LogP contribution in [-0.2, 0) is 4.74 Å². The number of carbonyl (C=O) groups is 1. The number of aromatic hydroxyl groups is 1. The Hall–Kier alpha value is -3.18. The van der Waals surface area contributed by atoms with E-state index in [4.69, 9.17) is 18.9 Å². The monoisotopic (exact) mass is 563 g/mol. The van der Waals surface area contributed by atoms with Crippen LogP contribution < -0.4 is 19.5 Å². The molecular weight excluding hydrogens is 541 g/mol. The number of phenolic OH excluding ortho intramolecular Hbond substituents is 1. The van der Waals surface area contributed by atoms with Crippen molar-refractivity contribution in [1.29, 1.82) is 0 Å². The normalized spacial score (nSPS) is 13.8. The quantitative estimate of drug-likeness (QED) is 0.337. The second-order valence-corrected chi connectivity index (χ2v) is 8.45. The van der Waals surface area contributed by atoms with Crippen molar-refractivity contribution in [1.82, 2.24) is 0 Å². The number of ether oxygens (including phenoxy) is 4. The molecule has 0 radical (unpaired) electrons.